The number of amides is 1. The molecule has 0 aromatic heterocycles. The number of carbonyl (C=O) groups is 1. The van der Waals surface area contributed by atoms with Crippen LogP contribution in [-0.2, 0) is 11.2 Å². The van der Waals surface area contributed by atoms with Crippen molar-refractivity contribution in [3.63, 3.8) is 0 Å². The lowest BCUT2D eigenvalue weighted by Gasteiger charge is -2.38. The second kappa shape index (κ2) is 7.92. The molecule has 0 saturated carbocycles. The average molecular weight is 352 g/mol. The van der Waals surface area contributed by atoms with Crippen LogP contribution in [0, 0.1) is 5.41 Å². The first-order chi connectivity index (χ1) is 12.5. The summed E-state index contributed by atoms with van der Waals surface area (Å²) in [4.78, 5) is 14.6. The number of carbonyl (C=O) groups excluding carboxylic acids is 1. The molecule has 26 heavy (non-hydrogen) atoms. The van der Waals surface area contributed by atoms with Gasteiger partial charge in [0.1, 0.15) is 5.75 Å². The normalized spacial score (nSPS) is 19.8. The molecule has 0 radical (unpaired) electrons. The van der Waals surface area contributed by atoms with E-state index in [1.165, 1.54) is 11.1 Å². The minimum atomic E-state index is -0.330. The van der Waals surface area contributed by atoms with E-state index >= 15 is 0 Å². The predicted octanol–water partition coefficient (Wildman–Crippen LogP) is 3.36. The maximum atomic E-state index is 12.8. The van der Waals surface area contributed by atoms with Gasteiger partial charge in [0.05, 0.1) is 12.5 Å². The van der Waals surface area contributed by atoms with Gasteiger partial charge in [0.15, 0.2) is 0 Å². The van der Waals surface area contributed by atoms with Crippen molar-refractivity contribution >= 4 is 5.91 Å². The van der Waals surface area contributed by atoms with Crippen LogP contribution in [0.25, 0.3) is 11.1 Å². The smallest absolute Gasteiger partial charge is 0.229 e. The van der Waals surface area contributed by atoms with E-state index < -0.39 is 0 Å². The van der Waals surface area contributed by atoms with Gasteiger partial charge in [-0.1, -0.05) is 36.4 Å². The largest absolute Gasteiger partial charge is 0.497 e. The summed E-state index contributed by atoms with van der Waals surface area (Å²) in [5, 5.41) is 3.42. The molecule has 1 aliphatic rings. The molecule has 4 nitrogen and oxygen atoms in total. The molecule has 2 aromatic carbocycles. The molecule has 2 aromatic rings. The number of methoxy groups -OCH3 is 1. The van der Waals surface area contributed by atoms with Crippen molar-refractivity contribution < 1.29 is 9.53 Å². The number of hydrogen-bond donors (Lipinski definition) is 1. The minimum Gasteiger partial charge on any atom is -0.497 e. The van der Waals surface area contributed by atoms with Crippen molar-refractivity contribution in [2.75, 3.05) is 34.3 Å². The minimum absolute atomic E-state index is 0.226. The summed E-state index contributed by atoms with van der Waals surface area (Å²) in [6, 6.07) is 16.7. The van der Waals surface area contributed by atoms with E-state index in [0.717, 1.165) is 43.7 Å². The van der Waals surface area contributed by atoms with E-state index in [4.69, 9.17) is 4.74 Å². The Morgan fingerprint density at radius 3 is 2.19 bits per heavy atom. The first kappa shape index (κ1) is 18.5. The molecule has 4 heteroatoms. The molecule has 1 atom stereocenters. The van der Waals surface area contributed by atoms with E-state index in [1.54, 1.807) is 12.0 Å². The molecule has 1 aliphatic heterocycles. The van der Waals surface area contributed by atoms with Gasteiger partial charge >= 0.3 is 0 Å². The summed E-state index contributed by atoms with van der Waals surface area (Å²) in [7, 11) is 5.38. The number of ether oxygens (including phenoxy) is 1. The van der Waals surface area contributed by atoms with Crippen LogP contribution in [0.1, 0.15) is 18.4 Å². The van der Waals surface area contributed by atoms with Crippen molar-refractivity contribution in [3.8, 4) is 16.9 Å². The van der Waals surface area contributed by atoms with E-state index in [0.29, 0.717) is 0 Å². The Balaban J connectivity index is 1.79. The Hall–Kier alpha value is -2.33. The van der Waals surface area contributed by atoms with Gasteiger partial charge in [-0.15, -0.1) is 0 Å². The lowest BCUT2D eigenvalue weighted by molar-refractivity contribution is -0.140. The topological polar surface area (TPSA) is 41.6 Å². The van der Waals surface area contributed by atoms with Crippen LogP contribution in [0.15, 0.2) is 48.5 Å². The van der Waals surface area contributed by atoms with E-state index in [2.05, 4.69) is 41.7 Å². The molecule has 0 aliphatic carbocycles. The third-order valence-electron chi connectivity index (χ3n) is 5.25. The van der Waals surface area contributed by atoms with Crippen LogP contribution in [0.4, 0.5) is 0 Å². The number of nitrogens with one attached hydrogen (secondary N) is 1. The number of rotatable bonds is 5. The fraction of sp³-hybridized carbons (Fsp3) is 0.409. The monoisotopic (exact) mass is 352 g/mol. The highest BCUT2D eigenvalue weighted by Gasteiger charge is 2.40. The van der Waals surface area contributed by atoms with Crippen molar-refractivity contribution in [3.05, 3.63) is 54.1 Å². The Labute approximate surface area is 156 Å². The molecule has 1 amide bonds. The Kier molecular flexibility index (Phi) is 5.62. The number of hydrogen-bond acceptors (Lipinski definition) is 3. The van der Waals surface area contributed by atoms with Crippen LogP contribution in [0.3, 0.4) is 0 Å². The van der Waals surface area contributed by atoms with E-state index in [1.807, 2.05) is 26.2 Å². The number of benzene rings is 2. The molecule has 0 bridgehead atoms. The molecule has 1 N–H and O–H groups in total. The lowest BCUT2D eigenvalue weighted by Crippen LogP contribution is -2.51. The van der Waals surface area contributed by atoms with Crippen molar-refractivity contribution in [1.82, 2.24) is 10.2 Å². The van der Waals surface area contributed by atoms with Crippen LogP contribution >= 0.6 is 0 Å². The zero-order valence-electron chi connectivity index (χ0n) is 15.9. The van der Waals surface area contributed by atoms with Gasteiger partial charge in [0, 0.05) is 20.6 Å². The average Bonchev–Trinajstić information content (AvgIpc) is 2.68. The number of nitrogens with zero attached hydrogens (tertiary/aromatic N) is 1. The van der Waals surface area contributed by atoms with Gasteiger partial charge in [0.2, 0.25) is 5.91 Å². The highest BCUT2D eigenvalue weighted by atomic mass is 16.5. The van der Waals surface area contributed by atoms with Gasteiger partial charge in [-0.2, -0.15) is 0 Å². The molecular formula is C22H28N2O2. The highest BCUT2D eigenvalue weighted by molar-refractivity contribution is 5.83. The van der Waals surface area contributed by atoms with Gasteiger partial charge in [0.25, 0.3) is 0 Å². The summed E-state index contributed by atoms with van der Waals surface area (Å²) >= 11 is 0. The predicted molar refractivity (Wildman–Crippen MR) is 105 cm³/mol. The summed E-state index contributed by atoms with van der Waals surface area (Å²) in [5.74, 6) is 1.09. The van der Waals surface area contributed by atoms with Crippen molar-refractivity contribution in [2.24, 2.45) is 5.41 Å². The standard InChI is InChI=1S/C22H28N2O2/c1-24(2)21(25)22(13-4-14-23-16-22)15-17-5-7-18(8-6-17)19-9-11-20(26-3)12-10-19/h5-12,23H,4,13-16H2,1-3H3. The molecule has 3 rings (SSSR count). The Bertz CT molecular complexity index is 730. The Morgan fingerprint density at radius 2 is 1.69 bits per heavy atom. The first-order valence-corrected chi connectivity index (χ1v) is 9.20. The molecule has 1 saturated heterocycles. The fourth-order valence-electron chi connectivity index (χ4n) is 3.84. The molecule has 1 unspecified atom stereocenters. The quantitative estimate of drug-likeness (QED) is 0.897. The molecule has 138 valence electrons. The SMILES string of the molecule is COc1ccc(-c2ccc(CC3(C(=O)N(C)C)CCCNC3)cc2)cc1. The molecular weight excluding hydrogens is 324 g/mol. The van der Waals surface area contributed by atoms with Crippen LogP contribution < -0.4 is 10.1 Å². The van der Waals surface area contributed by atoms with Gasteiger partial charge in [-0.25, -0.2) is 0 Å². The summed E-state index contributed by atoms with van der Waals surface area (Å²) < 4.78 is 5.22. The van der Waals surface area contributed by atoms with Crippen molar-refractivity contribution in [2.45, 2.75) is 19.3 Å². The lowest BCUT2D eigenvalue weighted by atomic mass is 9.74. The molecule has 0 spiro atoms. The van der Waals surface area contributed by atoms with Crippen molar-refractivity contribution in [1.29, 1.82) is 0 Å². The molecule has 1 fully saturated rings. The summed E-state index contributed by atoms with van der Waals surface area (Å²) in [5.41, 5.74) is 3.21. The van der Waals surface area contributed by atoms with Crippen LogP contribution in [0.2, 0.25) is 0 Å². The van der Waals surface area contributed by atoms with Gasteiger partial charge in [-0.05, 0) is 54.6 Å². The Morgan fingerprint density at radius 1 is 1.08 bits per heavy atom. The van der Waals surface area contributed by atoms with E-state index in [9.17, 15) is 4.79 Å². The first-order valence-electron chi connectivity index (χ1n) is 9.20. The third-order valence-corrected chi connectivity index (χ3v) is 5.25. The maximum absolute atomic E-state index is 12.8. The van der Waals surface area contributed by atoms with Gasteiger partial charge < -0.3 is 15.0 Å². The van der Waals surface area contributed by atoms with Gasteiger partial charge in [-0.3, -0.25) is 4.79 Å². The third kappa shape index (κ3) is 3.91. The highest BCUT2D eigenvalue weighted by Crippen LogP contribution is 2.33. The maximum Gasteiger partial charge on any atom is 0.229 e. The summed E-state index contributed by atoms with van der Waals surface area (Å²) in [6.07, 6.45) is 2.76. The number of piperidine rings is 1. The fourth-order valence-corrected chi connectivity index (χ4v) is 3.84. The second-order valence-electron chi connectivity index (χ2n) is 7.36. The van der Waals surface area contributed by atoms with Crippen LogP contribution in [0.5, 0.6) is 5.75 Å². The zero-order valence-corrected chi connectivity index (χ0v) is 15.9. The molecule has 1 heterocycles. The second-order valence-corrected chi connectivity index (χ2v) is 7.36. The van der Waals surface area contributed by atoms with E-state index in [-0.39, 0.29) is 11.3 Å². The zero-order chi connectivity index (χ0) is 18.6. The van der Waals surface area contributed by atoms with Crippen LogP contribution in [-0.4, -0.2) is 45.1 Å². The summed E-state index contributed by atoms with van der Waals surface area (Å²) in [6.45, 7) is 1.75.